The second-order valence-electron chi connectivity index (χ2n) is 6.09. The number of aliphatic carboxylic acids is 2. The molecule has 1 aliphatic rings. The molecule has 3 unspecified atom stereocenters. The molecule has 146 valence electrons. The lowest BCUT2D eigenvalue weighted by Crippen LogP contribution is -2.58. The van der Waals surface area contributed by atoms with E-state index in [1.165, 1.54) is 11.8 Å². The van der Waals surface area contributed by atoms with Crippen LogP contribution in [0.4, 0.5) is 0 Å². The number of nitrogens with zero attached hydrogens (tertiary/aromatic N) is 1. The maximum absolute atomic E-state index is 12.2. The summed E-state index contributed by atoms with van der Waals surface area (Å²) in [5.41, 5.74) is -2.53. The van der Waals surface area contributed by atoms with Crippen LogP contribution in [-0.4, -0.2) is 76.6 Å². The van der Waals surface area contributed by atoms with E-state index in [1.54, 1.807) is 0 Å². The van der Waals surface area contributed by atoms with Crippen LogP contribution in [0.2, 0.25) is 0 Å². The van der Waals surface area contributed by atoms with Gasteiger partial charge in [-0.15, -0.1) is 0 Å². The minimum Gasteiger partial charge on any atom is -0.481 e. The normalized spacial score (nSPS) is 21.5. The van der Waals surface area contributed by atoms with Gasteiger partial charge in [-0.3, -0.25) is 23.6 Å². The van der Waals surface area contributed by atoms with Crippen LogP contribution >= 0.6 is 15.2 Å². The summed E-state index contributed by atoms with van der Waals surface area (Å²) in [6.45, 7) is 2.21. The lowest BCUT2D eigenvalue weighted by Gasteiger charge is -2.42. The van der Waals surface area contributed by atoms with Crippen LogP contribution in [0.1, 0.15) is 32.6 Å². The number of carboxylic acid groups (broad SMARTS) is 2. The topological polar surface area (TPSA) is 193 Å². The molecule has 1 heterocycles. The quantitative estimate of drug-likeness (QED) is 0.281. The van der Waals surface area contributed by atoms with E-state index in [0.717, 1.165) is 0 Å². The predicted octanol–water partition coefficient (Wildman–Crippen LogP) is -0.117. The Bertz CT molecular complexity index is 607. The molecule has 1 aliphatic heterocycles. The number of rotatable bonds is 9. The highest BCUT2D eigenvalue weighted by Crippen LogP contribution is 2.60. The number of hydrogen-bond acceptors (Lipinski definition) is 5. The van der Waals surface area contributed by atoms with E-state index < -0.39 is 50.4 Å². The fourth-order valence-corrected chi connectivity index (χ4v) is 5.76. The van der Waals surface area contributed by atoms with Crippen molar-refractivity contribution in [1.82, 2.24) is 4.90 Å². The van der Waals surface area contributed by atoms with Crippen LogP contribution in [0.3, 0.4) is 0 Å². The van der Waals surface area contributed by atoms with E-state index in [0.29, 0.717) is 25.9 Å². The average molecular weight is 403 g/mol. The molecule has 0 bridgehead atoms. The summed E-state index contributed by atoms with van der Waals surface area (Å²) in [7, 11) is -10.8. The van der Waals surface area contributed by atoms with E-state index in [4.69, 9.17) is 5.11 Å². The number of hydrogen-bond donors (Lipinski definition) is 6. The molecule has 0 spiro atoms. The molecule has 0 aromatic rings. The van der Waals surface area contributed by atoms with Gasteiger partial charge < -0.3 is 29.8 Å². The average Bonchev–Trinajstić information content (AvgIpc) is 2.93. The van der Waals surface area contributed by atoms with Crippen molar-refractivity contribution in [2.75, 3.05) is 13.1 Å². The Morgan fingerprint density at radius 1 is 1.08 bits per heavy atom. The van der Waals surface area contributed by atoms with Crippen molar-refractivity contribution in [3.05, 3.63) is 0 Å². The minimum atomic E-state index is -5.50. The summed E-state index contributed by atoms with van der Waals surface area (Å²) in [5.74, 6) is -3.98. The first-order chi connectivity index (χ1) is 11.3. The van der Waals surface area contributed by atoms with Crippen LogP contribution in [0.5, 0.6) is 0 Å². The fourth-order valence-electron chi connectivity index (χ4n) is 3.40. The highest BCUT2D eigenvalue weighted by atomic mass is 31.2. The highest BCUT2D eigenvalue weighted by Gasteiger charge is 2.63. The first-order valence-electron chi connectivity index (χ1n) is 7.60. The zero-order valence-corrected chi connectivity index (χ0v) is 15.3. The van der Waals surface area contributed by atoms with Crippen molar-refractivity contribution >= 4 is 27.1 Å². The van der Waals surface area contributed by atoms with E-state index in [2.05, 4.69) is 0 Å². The Morgan fingerprint density at radius 3 is 1.84 bits per heavy atom. The molecule has 1 saturated heterocycles. The molecule has 1 rings (SSSR count). The van der Waals surface area contributed by atoms with Crippen LogP contribution in [-0.2, 0) is 18.7 Å². The van der Waals surface area contributed by atoms with Gasteiger partial charge in [-0.05, 0) is 32.4 Å². The van der Waals surface area contributed by atoms with Gasteiger partial charge in [0.1, 0.15) is 0 Å². The third-order valence-corrected chi connectivity index (χ3v) is 7.53. The Balaban J connectivity index is 3.55. The summed E-state index contributed by atoms with van der Waals surface area (Å²) in [6.07, 6.45) is -0.0610. The molecule has 0 radical (unpaired) electrons. The largest absolute Gasteiger partial charge is 0.481 e. The maximum Gasteiger partial charge on any atom is 0.344 e. The molecular weight excluding hydrogens is 380 g/mol. The van der Waals surface area contributed by atoms with E-state index in [9.17, 15) is 43.4 Å². The molecule has 3 atom stereocenters. The van der Waals surface area contributed by atoms with Gasteiger partial charge in [0.15, 0.2) is 10.8 Å². The van der Waals surface area contributed by atoms with Crippen molar-refractivity contribution in [1.29, 1.82) is 0 Å². The zero-order chi connectivity index (χ0) is 19.6. The van der Waals surface area contributed by atoms with E-state index in [1.807, 2.05) is 0 Å². The van der Waals surface area contributed by atoms with Gasteiger partial charge in [0.2, 0.25) is 0 Å². The van der Waals surface area contributed by atoms with Gasteiger partial charge in [0, 0.05) is 12.5 Å². The Morgan fingerprint density at radius 2 is 1.56 bits per heavy atom. The highest BCUT2D eigenvalue weighted by molar-refractivity contribution is 7.55. The summed E-state index contributed by atoms with van der Waals surface area (Å²) < 4.78 is 23.7. The third-order valence-electron chi connectivity index (χ3n) is 4.61. The molecular formula is C12H23NO10P2. The smallest absolute Gasteiger partial charge is 0.344 e. The summed E-state index contributed by atoms with van der Waals surface area (Å²) in [6, 6.07) is -1.26. The molecule has 25 heavy (non-hydrogen) atoms. The zero-order valence-electron chi connectivity index (χ0n) is 13.6. The third kappa shape index (κ3) is 4.49. The second-order valence-corrected chi connectivity index (χ2v) is 9.78. The van der Waals surface area contributed by atoms with E-state index >= 15 is 0 Å². The SMILES string of the molecule is CCC(N1CCCC1)C(CC(C(=O)O)P(=O)(O)O)(C(=O)O)P(=O)(O)O. The number of likely N-dealkylation sites (tertiary alicyclic amines) is 1. The minimum absolute atomic E-state index is 0.0368. The molecule has 6 N–H and O–H groups in total. The van der Waals surface area contributed by atoms with Crippen molar-refractivity contribution in [2.24, 2.45) is 0 Å². The fraction of sp³-hybridized carbons (Fsp3) is 0.833. The summed E-state index contributed by atoms with van der Waals surface area (Å²) >= 11 is 0. The van der Waals surface area contributed by atoms with Gasteiger partial charge in [-0.25, -0.2) is 0 Å². The number of carbonyl (C=O) groups is 2. The molecule has 1 fully saturated rings. The molecule has 0 aromatic heterocycles. The van der Waals surface area contributed by atoms with Crippen LogP contribution in [0.15, 0.2) is 0 Å². The summed E-state index contributed by atoms with van der Waals surface area (Å²) in [4.78, 5) is 62.9. The van der Waals surface area contributed by atoms with Gasteiger partial charge in [0.05, 0.1) is 0 Å². The van der Waals surface area contributed by atoms with Crippen molar-refractivity contribution in [3.63, 3.8) is 0 Å². The van der Waals surface area contributed by atoms with Crippen LogP contribution in [0, 0.1) is 0 Å². The second kappa shape index (κ2) is 7.84. The Kier molecular flexibility index (Phi) is 6.97. The van der Waals surface area contributed by atoms with Gasteiger partial charge in [-0.1, -0.05) is 6.92 Å². The molecule has 0 aliphatic carbocycles. The van der Waals surface area contributed by atoms with Crippen LogP contribution < -0.4 is 0 Å². The molecule has 0 aromatic carbocycles. The molecule has 0 amide bonds. The van der Waals surface area contributed by atoms with Crippen molar-refractivity contribution in [2.45, 2.75) is 49.5 Å². The van der Waals surface area contributed by atoms with Gasteiger partial charge >= 0.3 is 27.1 Å². The molecule has 13 heteroatoms. The maximum atomic E-state index is 12.2. The predicted molar refractivity (Wildman–Crippen MR) is 85.4 cm³/mol. The van der Waals surface area contributed by atoms with Crippen molar-refractivity contribution < 1.29 is 48.5 Å². The standard InChI is InChI=1S/C12H23NO10P2/c1-2-9(13-5-3-4-6-13)12(11(16)17,25(21,22)23)7-8(10(14)15)24(18,19)20/h8-9H,2-7H2,1H3,(H,14,15)(H,16,17)(H2,18,19,20)(H2,21,22,23). The van der Waals surface area contributed by atoms with Crippen LogP contribution in [0.25, 0.3) is 0 Å². The monoisotopic (exact) mass is 403 g/mol. The lowest BCUT2D eigenvalue weighted by molar-refractivity contribution is -0.144. The van der Waals surface area contributed by atoms with Crippen molar-refractivity contribution in [3.8, 4) is 0 Å². The Hall–Kier alpha value is -0.800. The Labute approximate surface area is 144 Å². The van der Waals surface area contributed by atoms with Gasteiger partial charge in [0.25, 0.3) is 0 Å². The van der Waals surface area contributed by atoms with E-state index in [-0.39, 0.29) is 6.42 Å². The first-order valence-corrected chi connectivity index (χ1v) is 10.9. The van der Waals surface area contributed by atoms with Gasteiger partial charge in [-0.2, -0.15) is 0 Å². The summed E-state index contributed by atoms with van der Waals surface area (Å²) in [5, 5.41) is 15.8. The first kappa shape index (κ1) is 22.2. The lowest BCUT2D eigenvalue weighted by atomic mass is 9.90. The number of carboxylic acids is 2. The molecule has 0 saturated carbocycles. The molecule has 11 nitrogen and oxygen atoms in total.